The van der Waals surface area contributed by atoms with Crippen molar-refractivity contribution in [1.29, 1.82) is 0 Å². The van der Waals surface area contributed by atoms with Crippen LogP contribution in [0.5, 0.6) is 0 Å². The average Bonchev–Trinajstić information content (AvgIpc) is 2.72. The molecule has 2 heterocycles. The number of hydrogen-bond acceptors (Lipinski definition) is 4. The lowest BCUT2D eigenvalue weighted by molar-refractivity contribution is 0.0449. The van der Waals surface area contributed by atoms with Crippen LogP contribution in [0.1, 0.15) is 47.4 Å². The minimum atomic E-state index is -0.233. The Hall–Kier alpha value is -1.88. The summed E-state index contributed by atoms with van der Waals surface area (Å²) in [5, 5.41) is 0. The van der Waals surface area contributed by atoms with E-state index >= 15 is 0 Å². The molecule has 0 bridgehead atoms. The van der Waals surface area contributed by atoms with Gasteiger partial charge in [-0.2, -0.15) is 0 Å². The molecule has 0 radical (unpaired) electrons. The number of benzene rings is 1. The topological polar surface area (TPSA) is 66.6 Å². The third-order valence-corrected chi connectivity index (χ3v) is 4.50. The first kappa shape index (κ1) is 14.1. The molecular formula is C16H21N3O2. The normalized spacial score (nSPS) is 23.0. The van der Waals surface area contributed by atoms with Crippen molar-refractivity contribution >= 4 is 17.5 Å². The molecule has 2 aliphatic rings. The molecule has 2 N–H and O–H groups in total. The molecule has 0 saturated carbocycles. The Morgan fingerprint density at radius 3 is 2.67 bits per heavy atom. The summed E-state index contributed by atoms with van der Waals surface area (Å²) >= 11 is 0. The summed E-state index contributed by atoms with van der Waals surface area (Å²) in [6.07, 6.45) is 1.88. The summed E-state index contributed by atoms with van der Waals surface area (Å²) in [5.41, 5.74) is 7.10. The lowest BCUT2D eigenvalue weighted by Gasteiger charge is -2.38. The van der Waals surface area contributed by atoms with E-state index in [-0.39, 0.29) is 17.9 Å². The second-order valence-electron chi connectivity index (χ2n) is 6.13. The Morgan fingerprint density at radius 2 is 2.00 bits per heavy atom. The smallest absolute Gasteiger partial charge is 0.263 e. The molecule has 112 valence electrons. The molecule has 1 unspecified atom stereocenters. The van der Waals surface area contributed by atoms with E-state index in [2.05, 4.69) is 18.7 Å². The van der Waals surface area contributed by atoms with Crippen LogP contribution in [-0.4, -0.2) is 46.8 Å². The molecule has 0 spiro atoms. The molecule has 5 heteroatoms. The van der Waals surface area contributed by atoms with Gasteiger partial charge in [-0.25, -0.2) is 0 Å². The minimum Gasteiger partial charge on any atom is -0.398 e. The summed E-state index contributed by atoms with van der Waals surface area (Å²) in [7, 11) is 0. The number of amides is 2. The largest absolute Gasteiger partial charge is 0.398 e. The number of hydrogen-bond donors (Lipinski definition) is 1. The van der Waals surface area contributed by atoms with E-state index in [1.807, 2.05) is 0 Å². The van der Waals surface area contributed by atoms with Gasteiger partial charge < -0.3 is 5.73 Å². The zero-order chi connectivity index (χ0) is 15.1. The van der Waals surface area contributed by atoms with E-state index in [1.165, 1.54) is 4.90 Å². The van der Waals surface area contributed by atoms with E-state index < -0.39 is 0 Å². The number of piperidine rings is 1. The fourth-order valence-electron chi connectivity index (χ4n) is 3.32. The van der Waals surface area contributed by atoms with Crippen LogP contribution in [0.25, 0.3) is 0 Å². The van der Waals surface area contributed by atoms with Crippen LogP contribution in [0.3, 0.4) is 0 Å². The van der Waals surface area contributed by atoms with Gasteiger partial charge >= 0.3 is 0 Å². The second-order valence-corrected chi connectivity index (χ2v) is 6.13. The van der Waals surface area contributed by atoms with Crippen molar-refractivity contribution in [3.8, 4) is 0 Å². The SMILES string of the molecule is CC(C)N1CCCC(N2C(=O)c3cccc(N)c3C2=O)C1. The van der Waals surface area contributed by atoms with Gasteiger partial charge in [-0.15, -0.1) is 0 Å². The highest BCUT2D eigenvalue weighted by atomic mass is 16.2. The first-order valence-electron chi connectivity index (χ1n) is 7.51. The zero-order valence-electron chi connectivity index (χ0n) is 12.5. The van der Waals surface area contributed by atoms with E-state index in [0.29, 0.717) is 22.9 Å². The number of fused-ring (bicyclic) bond motifs is 1. The quantitative estimate of drug-likeness (QED) is 0.664. The number of carbonyl (C=O) groups excluding carboxylic acids is 2. The van der Waals surface area contributed by atoms with Crippen LogP contribution >= 0.6 is 0 Å². The van der Waals surface area contributed by atoms with Crippen molar-refractivity contribution in [1.82, 2.24) is 9.80 Å². The third-order valence-electron chi connectivity index (χ3n) is 4.50. The standard InChI is InChI=1S/C16H21N3O2/c1-10(2)18-8-4-5-11(9-18)19-15(20)12-6-3-7-13(17)14(12)16(19)21/h3,6-7,10-11H,4-5,8-9,17H2,1-2H3. The van der Waals surface area contributed by atoms with Crippen LogP contribution in [0.15, 0.2) is 18.2 Å². The Labute approximate surface area is 124 Å². The number of nitrogen functional groups attached to an aromatic ring is 1. The summed E-state index contributed by atoms with van der Waals surface area (Å²) in [6.45, 7) is 6.06. The molecule has 5 nitrogen and oxygen atoms in total. The highest BCUT2D eigenvalue weighted by Gasteiger charge is 2.42. The molecule has 1 fully saturated rings. The zero-order valence-corrected chi connectivity index (χ0v) is 12.5. The molecule has 2 amide bonds. The fraction of sp³-hybridized carbons (Fsp3) is 0.500. The summed E-state index contributed by atoms with van der Waals surface area (Å²) in [5.74, 6) is -0.429. The fourth-order valence-corrected chi connectivity index (χ4v) is 3.32. The highest BCUT2D eigenvalue weighted by molar-refractivity contribution is 6.23. The Kier molecular flexibility index (Phi) is 3.45. The maximum Gasteiger partial charge on any atom is 0.263 e. The molecule has 0 aromatic heterocycles. The number of likely N-dealkylation sites (tertiary alicyclic amines) is 1. The van der Waals surface area contributed by atoms with Crippen LogP contribution in [0.2, 0.25) is 0 Å². The maximum absolute atomic E-state index is 12.6. The number of imide groups is 1. The first-order valence-corrected chi connectivity index (χ1v) is 7.51. The predicted molar refractivity (Wildman–Crippen MR) is 81.1 cm³/mol. The summed E-state index contributed by atoms with van der Waals surface area (Å²) in [6, 6.07) is 5.47. The van der Waals surface area contributed by atoms with Gasteiger partial charge in [0.2, 0.25) is 0 Å². The van der Waals surface area contributed by atoms with Crippen molar-refractivity contribution in [2.45, 2.75) is 38.8 Å². The number of rotatable bonds is 2. The molecule has 1 saturated heterocycles. The van der Waals surface area contributed by atoms with Crippen molar-refractivity contribution in [3.63, 3.8) is 0 Å². The van der Waals surface area contributed by atoms with Gasteiger partial charge in [-0.05, 0) is 45.4 Å². The van der Waals surface area contributed by atoms with Crippen LogP contribution < -0.4 is 5.73 Å². The monoisotopic (exact) mass is 287 g/mol. The van der Waals surface area contributed by atoms with E-state index in [0.717, 1.165) is 25.9 Å². The summed E-state index contributed by atoms with van der Waals surface area (Å²) in [4.78, 5) is 28.9. The van der Waals surface area contributed by atoms with E-state index in [4.69, 9.17) is 5.73 Å². The van der Waals surface area contributed by atoms with Gasteiger partial charge in [0.25, 0.3) is 11.8 Å². The predicted octanol–water partition coefficient (Wildman–Crippen LogP) is 1.74. The van der Waals surface area contributed by atoms with Crippen molar-refractivity contribution in [2.75, 3.05) is 18.8 Å². The maximum atomic E-state index is 12.6. The number of nitrogens with two attached hydrogens (primary N) is 1. The number of nitrogens with zero attached hydrogens (tertiary/aromatic N) is 2. The van der Waals surface area contributed by atoms with Gasteiger partial charge in [0.1, 0.15) is 0 Å². The van der Waals surface area contributed by atoms with Gasteiger partial charge in [0.05, 0.1) is 17.2 Å². The van der Waals surface area contributed by atoms with Crippen molar-refractivity contribution in [3.05, 3.63) is 29.3 Å². The molecule has 2 aliphatic heterocycles. The van der Waals surface area contributed by atoms with Gasteiger partial charge in [0.15, 0.2) is 0 Å². The van der Waals surface area contributed by atoms with Crippen molar-refractivity contribution < 1.29 is 9.59 Å². The molecule has 21 heavy (non-hydrogen) atoms. The van der Waals surface area contributed by atoms with Crippen LogP contribution in [-0.2, 0) is 0 Å². The average molecular weight is 287 g/mol. The van der Waals surface area contributed by atoms with Gasteiger partial charge in [0, 0.05) is 18.3 Å². The van der Waals surface area contributed by atoms with Gasteiger partial charge in [-0.3, -0.25) is 19.4 Å². The number of carbonyl (C=O) groups is 2. The Morgan fingerprint density at radius 1 is 1.24 bits per heavy atom. The second kappa shape index (κ2) is 5.15. The lowest BCUT2D eigenvalue weighted by Crippen LogP contribution is -2.51. The van der Waals surface area contributed by atoms with Crippen molar-refractivity contribution in [2.24, 2.45) is 0 Å². The summed E-state index contributed by atoms with van der Waals surface area (Å²) < 4.78 is 0. The molecule has 1 aromatic rings. The third kappa shape index (κ3) is 2.21. The number of anilines is 1. The Balaban J connectivity index is 1.90. The molecule has 3 rings (SSSR count). The first-order chi connectivity index (χ1) is 10.0. The minimum absolute atomic E-state index is 0.0482. The van der Waals surface area contributed by atoms with Crippen LogP contribution in [0, 0.1) is 0 Å². The highest BCUT2D eigenvalue weighted by Crippen LogP contribution is 2.31. The molecule has 1 atom stereocenters. The molecular weight excluding hydrogens is 266 g/mol. The van der Waals surface area contributed by atoms with Gasteiger partial charge in [-0.1, -0.05) is 6.07 Å². The Bertz CT molecular complexity index is 597. The molecule has 0 aliphatic carbocycles. The van der Waals surface area contributed by atoms with Crippen LogP contribution in [0.4, 0.5) is 5.69 Å². The van der Waals surface area contributed by atoms with E-state index in [9.17, 15) is 9.59 Å². The lowest BCUT2D eigenvalue weighted by atomic mass is 10.0. The molecule has 1 aromatic carbocycles. The van der Waals surface area contributed by atoms with E-state index in [1.54, 1.807) is 18.2 Å².